The summed E-state index contributed by atoms with van der Waals surface area (Å²) in [6.07, 6.45) is -0.259. The van der Waals surface area contributed by atoms with Crippen LogP contribution in [0.2, 0.25) is 0 Å². The van der Waals surface area contributed by atoms with Crippen LogP contribution in [0, 0.1) is 12.8 Å². The molecule has 2 unspecified atom stereocenters. The quantitative estimate of drug-likeness (QED) is 0.470. The number of aliphatic hydroxyl groups is 1. The highest BCUT2D eigenvalue weighted by atomic mass is 16.3. The number of hydrogen-bond donors (Lipinski definition) is 1. The van der Waals surface area contributed by atoms with Gasteiger partial charge in [-0.3, -0.25) is 0 Å². The van der Waals surface area contributed by atoms with Crippen LogP contribution in [0.25, 0.3) is 0 Å². The van der Waals surface area contributed by atoms with E-state index in [0.29, 0.717) is 0 Å². The van der Waals surface area contributed by atoms with Crippen LogP contribution < -0.4 is 0 Å². The van der Waals surface area contributed by atoms with Gasteiger partial charge >= 0.3 is 0 Å². The molecule has 36 valence electrons. The molecule has 0 aliphatic heterocycles. The first-order valence-corrected chi connectivity index (χ1v) is 2.15. The maximum absolute atomic E-state index is 8.57. The zero-order valence-corrected chi connectivity index (χ0v) is 4.31. The largest absolute Gasteiger partial charge is 0.389 e. The fourth-order valence-corrected chi connectivity index (χ4v) is 0. The van der Waals surface area contributed by atoms with Gasteiger partial charge < -0.3 is 5.11 Å². The van der Waals surface area contributed by atoms with Gasteiger partial charge in [0.2, 0.25) is 0 Å². The van der Waals surface area contributed by atoms with Crippen molar-refractivity contribution >= 4 is 0 Å². The van der Waals surface area contributed by atoms with Crippen LogP contribution in [0.1, 0.15) is 13.8 Å². The average molecular weight is 87.1 g/mol. The van der Waals surface area contributed by atoms with Crippen LogP contribution >= 0.6 is 0 Å². The van der Waals surface area contributed by atoms with Crippen LogP contribution in [-0.2, 0) is 0 Å². The predicted molar refractivity (Wildman–Crippen MR) is 26.2 cm³/mol. The number of aliphatic hydroxyl groups excluding tert-OH is 1. The third kappa shape index (κ3) is 2.09. The van der Waals surface area contributed by atoms with Gasteiger partial charge in [-0.2, -0.15) is 0 Å². The molecule has 0 heterocycles. The molecule has 0 bridgehead atoms. The lowest BCUT2D eigenvalue weighted by molar-refractivity contribution is 0.156. The molecule has 0 aromatic rings. The van der Waals surface area contributed by atoms with E-state index in [0.717, 1.165) is 0 Å². The summed E-state index contributed by atoms with van der Waals surface area (Å²) in [4.78, 5) is 0. The lowest BCUT2D eigenvalue weighted by Gasteiger charge is -1.97. The summed E-state index contributed by atoms with van der Waals surface area (Å²) in [5, 5.41) is 8.57. The standard InChI is InChI=1S/C5H11O/c1-4(2)5(3)6/h4-6H,1H2,2-3H3/q+1. The fraction of sp³-hybridized carbons (Fsp3) is 0.800. The Morgan fingerprint density at radius 2 is 1.67 bits per heavy atom. The van der Waals surface area contributed by atoms with Gasteiger partial charge in [-0.05, 0) is 13.8 Å². The van der Waals surface area contributed by atoms with Crippen molar-refractivity contribution in [1.29, 1.82) is 0 Å². The van der Waals surface area contributed by atoms with E-state index in [4.69, 9.17) is 5.11 Å². The Morgan fingerprint density at radius 1 is 1.50 bits per heavy atom. The normalized spacial score (nSPS) is 19.8. The highest BCUT2D eigenvalue weighted by Gasteiger charge is 2.05. The van der Waals surface area contributed by atoms with Gasteiger partial charge in [-0.15, -0.1) is 0 Å². The van der Waals surface area contributed by atoms with Crippen molar-refractivity contribution in [2.24, 2.45) is 5.92 Å². The smallest absolute Gasteiger partial charge is 0.118 e. The summed E-state index contributed by atoms with van der Waals surface area (Å²) in [7, 11) is 0. The topological polar surface area (TPSA) is 20.2 Å². The minimum atomic E-state index is -0.259. The van der Waals surface area contributed by atoms with Crippen molar-refractivity contribution in [2.45, 2.75) is 20.0 Å². The molecular weight excluding hydrogens is 76.1 g/mol. The Bertz CT molecular complexity index is 24.9. The van der Waals surface area contributed by atoms with E-state index in [-0.39, 0.29) is 12.0 Å². The molecule has 0 radical (unpaired) electrons. The molecule has 6 heavy (non-hydrogen) atoms. The lowest BCUT2D eigenvalue weighted by atomic mass is 10.1. The molecular formula is C5H11O+. The average Bonchev–Trinajstić information content (AvgIpc) is 1.36. The molecule has 0 spiro atoms. The Kier molecular flexibility index (Phi) is 2.03. The van der Waals surface area contributed by atoms with Gasteiger partial charge in [-0.25, -0.2) is 0 Å². The fourth-order valence-electron chi connectivity index (χ4n) is 0. The van der Waals surface area contributed by atoms with E-state index in [9.17, 15) is 0 Å². The zero-order valence-electron chi connectivity index (χ0n) is 4.31. The Morgan fingerprint density at radius 3 is 1.67 bits per heavy atom. The second kappa shape index (κ2) is 2.08. The van der Waals surface area contributed by atoms with E-state index >= 15 is 0 Å². The molecule has 0 fully saturated rings. The summed E-state index contributed by atoms with van der Waals surface area (Å²) in [5.41, 5.74) is 0. The van der Waals surface area contributed by atoms with Gasteiger partial charge in [0.15, 0.2) is 0 Å². The van der Waals surface area contributed by atoms with E-state index in [2.05, 4.69) is 6.92 Å². The second-order valence-corrected chi connectivity index (χ2v) is 1.72. The third-order valence-corrected chi connectivity index (χ3v) is 0.824. The first-order valence-electron chi connectivity index (χ1n) is 2.15. The van der Waals surface area contributed by atoms with Crippen LogP contribution in [-0.4, -0.2) is 11.2 Å². The molecule has 0 aliphatic rings. The molecule has 0 aliphatic carbocycles. The van der Waals surface area contributed by atoms with Gasteiger partial charge in [0.05, 0.1) is 13.0 Å². The van der Waals surface area contributed by atoms with Gasteiger partial charge in [-0.1, -0.05) is 0 Å². The van der Waals surface area contributed by atoms with Gasteiger partial charge in [0, 0.05) is 0 Å². The van der Waals surface area contributed by atoms with Crippen molar-refractivity contribution in [3.63, 3.8) is 0 Å². The van der Waals surface area contributed by atoms with E-state index in [1.165, 1.54) is 0 Å². The van der Waals surface area contributed by atoms with Gasteiger partial charge in [0.1, 0.15) is 5.92 Å². The van der Waals surface area contributed by atoms with Crippen molar-refractivity contribution in [3.05, 3.63) is 6.92 Å². The molecule has 1 N–H and O–H groups in total. The molecule has 0 saturated carbocycles. The molecule has 2 atom stereocenters. The van der Waals surface area contributed by atoms with Crippen molar-refractivity contribution in [1.82, 2.24) is 0 Å². The minimum absolute atomic E-state index is 0.157. The molecule has 1 heteroatoms. The maximum atomic E-state index is 8.57. The van der Waals surface area contributed by atoms with Crippen molar-refractivity contribution < 1.29 is 5.11 Å². The Labute approximate surface area is 39.0 Å². The first kappa shape index (κ1) is 5.83. The van der Waals surface area contributed by atoms with E-state index in [1.807, 2.05) is 6.92 Å². The van der Waals surface area contributed by atoms with E-state index < -0.39 is 0 Å². The predicted octanol–water partition coefficient (Wildman–Crippen LogP) is 0.837. The third-order valence-electron chi connectivity index (χ3n) is 0.824. The monoisotopic (exact) mass is 87.1 g/mol. The summed E-state index contributed by atoms with van der Waals surface area (Å²) >= 11 is 0. The summed E-state index contributed by atoms with van der Waals surface area (Å²) in [5.74, 6) is 0.157. The summed E-state index contributed by atoms with van der Waals surface area (Å²) in [6, 6.07) is 0. The highest BCUT2D eigenvalue weighted by molar-refractivity contribution is 4.58. The minimum Gasteiger partial charge on any atom is -0.389 e. The number of hydrogen-bond acceptors (Lipinski definition) is 1. The zero-order chi connectivity index (χ0) is 5.15. The molecule has 0 aromatic heterocycles. The molecule has 0 aromatic carbocycles. The van der Waals surface area contributed by atoms with Crippen LogP contribution in [0.3, 0.4) is 0 Å². The summed E-state index contributed by atoms with van der Waals surface area (Å²) in [6.45, 7) is 7.20. The van der Waals surface area contributed by atoms with Crippen molar-refractivity contribution in [3.8, 4) is 0 Å². The second-order valence-electron chi connectivity index (χ2n) is 1.72. The molecule has 1 nitrogen and oxygen atoms in total. The van der Waals surface area contributed by atoms with Crippen molar-refractivity contribution in [2.75, 3.05) is 0 Å². The maximum Gasteiger partial charge on any atom is 0.118 e. The van der Waals surface area contributed by atoms with Crippen LogP contribution in [0.15, 0.2) is 0 Å². The molecule has 0 rings (SSSR count). The first-order chi connectivity index (χ1) is 2.64. The van der Waals surface area contributed by atoms with E-state index in [1.54, 1.807) is 6.92 Å². The SMILES string of the molecule is [CH2+]C(C)C(C)O. The van der Waals surface area contributed by atoms with Crippen LogP contribution in [0.4, 0.5) is 0 Å². The van der Waals surface area contributed by atoms with Gasteiger partial charge in [0.25, 0.3) is 0 Å². The Balaban J connectivity index is 2.99. The molecule has 0 amide bonds. The summed E-state index contributed by atoms with van der Waals surface area (Å²) < 4.78 is 0. The lowest BCUT2D eigenvalue weighted by Crippen LogP contribution is -2.07. The Hall–Kier alpha value is -0.170. The number of rotatable bonds is 1. The highest BCUT2D eigenvalue weighted by Crippen LogP contribution is 1.95. The van der Waals surface area contributed by atoms with Crippen LogP contribution in [0.5, 0.6) is 0 Å². The molecule has 0 saturated heterocycles.